The molecule has 4 N–H and O–H groups in total. The number of nitrogens with one attached hydrogen (secondary N) is 2. The summed E-state index contributed by atoms with van der Waals surface area (Å²) in [4.78, 5) is 12.2. The molecule has 1 amide bonds. The molecule has 1 saturated carbocycles. The molecule has 0 bridgehead atoms. The molecular weight excluding hydrogens is 414 g/mol. The van der Waals surface area contributed by atoms with E-state index in [1.165, 1.54) is 12.5 Å². The monoisotopic (exact) mass is 441 g/mol. The van der Waals surface area contributed by atoms with E-state index < -0.39 is 15.9 Å². The molecule has 2 aromatic heterocycles. The summed E-state index contributed by atoms with van der Waals surface area (Å²) in [5.41, 5.74) is 8.95. The average molecular weight is 442 g/mol. The zero-order valence-electron chi connectivity index (χ0n) is 17.8. The van der Waals surface area contributed by atoms with Gasteiger partial charge >= 0.3 is 0 Å². The van der Waals surface area contributed by atoms with Crippen LogP contribution in [0.1, 0.15) is 37.0 Å². The molecule has 1 fully saturated rings. The summed E-state index contributed by atoms with van der Waals surface area (Å²) >= 11 is 0. The van der Waals surface area contributed by atoms with E-state index in [-0.39, 0.29) is 17.5 Å². The molecular formula is C22H27N5O3S. The SMILES string of the molecule is CC1(C)[C@@H](NS(C)(=O)=O)CC[C@H]1Nc1c(C(N)=O)cnn2cc(-c3ccccc3)cc12. The van der Waals surface area contributed by atoms with Gasteiger partial charge in [0.2, 0.25) is 10.0 Å². The van der Waals surface area contributed by atoms with Crippen LogP contribution >= 0.6 is 0 Å². The number of nitrogens with zero attached hydrogens (tertiary/aromatic N) is 2. The molecule has 31 heavy (non-hydrogen) atoms. The fourth-order valence-corrected chi connectivity index (χ4v) is 5.34. The van der Waals surface area contributed by atoms with E-state index in [2.05, 4.69) is 15.1 Å². The molecule has 0 radical (unpaired) electrons. The third kappa shape index (κ3) is 4.15. The average Bonchev–Trinajstić information content (AvgIpc) is 3.24. The van der Waals surface area contributed by atoms with Gasteiger partial charge in [-0.05, 0) is 24.5 Å². The van der Waals surface area contributed by atoms with Crippen LogP contribution in [0.15, 0.2) is 48.8 Å². The van der Waals surface area contributed by atoms with Crippen LogP contribution in [0.5, 0.6) is 0 Å². The maximum absolute atomic E-state index is 12.2. The second-order valence-electron chi connectivity index (χ2n) is 8.76. The van der Waals surface area contributed by atoms with Crippen molar-refractivity contribution in [3.05, 3.63) is 54.4 Å². The fraction of sp³-hybridized carbons (Fsp3) is 0.364. The van der Waals surface area contributed by atoms with Crippen LogP contribution in [-0.4, -0.2) is 42.3 Å². The first-order valence-corrected chi connectivity index (χ1v) is 12.1. The number of amides is 1. The van der Waals surface area contributed by atoms with Gasteiger partial charge in [0.25, 0.3) is 5.91 Å². The van der Waals surface area contributed by atoms with Crippen molar-refractivity contribution in [1.29, 1.82) is 0 Å². The van der Waals surface area contributed by atoms with Gasteiger partial charge in [-0.1, -0.05) is 44.2 Å². The maximum atomic E-state index is 12.2. The number of primary amides is 1. The summed E-state index contributed by atoms with van der Waals surface area (Å²) in [5.74, 6) is -0.568. The minimum atomic E-state index is -3.32. The van der Waals surface area contributed by atoms with Gasteiger partial charge in [0, 0.05) is 29.3 Å². The Balaban J connectivity index is 1.75. The first-order valence-electron chi connectivity index (χ1n) is 10.2. The molecule has 4 rings (SSSR count). The highest BCUT2D eigenvalue weighted by Crippen LogP contribution is 2.41. The van der Waals surface area contributed by atoms with Crippen molar-refractivity contribution in [3.63, 3.8) is 0 Å². The van der Waals surface area contributed by atoms with E-state index in [0.29, 0.717) is 17.7 Å². The number of hydrogen-bond acceptors (Lipinski definition) is 5. The quantitative estimate of drug-likeness (QED) is 0.543. The molecule has 1 aliphatic rings. The van der Waals surface area contributed by atoms with Crippen LogP contribution in [0.4, 0.5) is 5.69 Å². The lowest BCUT2D eigenvalue weighted by Gasteiger charge is -2.34. The summed E-state index contributed by atoms with van der Waals surface area (Å²) in [7, 11) is -3.32. The highest BCUT2D eigenvalue weighted by molar-refractivity contribution is 7.88. The van der Waals surface area contributed by atoms with Crippen LogP contribution in [0.25, 0.3) is 16.6 Å². The molecule has 2 atom stereocenters. The van der Waals surface area contributed by atoms with Gasteiger partial charge in [-0.25, -0.2) is 17.7 Å². The number of rotatable bonds is 6. The lowest BCUT2D eigenvalue weighted by atomic mass is 9.84. The smallest absolute Gasteiger partial charge is 0.252 e. The van der Waals surface area contributed by atoms with E-state index in [0.717, 1.165) is 23.1 Å². The fourth-order valence-electron chi connectivity index (χ4n) is 4.41. The molecule has 9 heteroatoms. The normalized spacial score (nSPS) is 20.7. The van der Waals surface area contributed by atoms with Crippen molar-refractivity contribution in [3.8, 4) is 11.1 Å². The van der Waals surface area contributed by atoms with Crippen LogP contribution < -0.4 is 15.8 Å². The second kappa shape index (κ2) is 7.65. The van der Waals surface area contributed by atoms with Gasteiger partial charge < -0.3 is 11.1 Å². The van der Waals surface area contributed by atoms with Gasteiger partial charge in [-0.15, -0.1) is 0 Å². The molecule has 0 unspecified atom stereocenters. The Labute approximate surface area is 181 Å². The van der Waals surface area contributed by atoms with Gasteiger partial charge in [-0.2, -0.15) is 5.10 Å². The molecule has 1 aromatic carbocycles. The van der Waals surface area contributed by atoms with Crippen LogP contribution in [0, 0.1) is 5.41 Å². The molecule has 1 aliphatic carbocycles. The van der Waals surface area contributed by atoms with Crippen molar-refractivity contribution in [2.24, 2.45) is 11.1 Å². The largest absolute Gasteiger partial charge is 0.379 e. The molecule has 0 aliphatic heterocycles. The van der Waals surface area contributed by atoms with Crippen LogP contribution in [0.2, 0.25) is 0 Å². The Kier molecular flexibility index (Phi) is 5.26. The lowest BCUT2D eigenvalue weighted by molar-refractivity contribution is 0.100. The van der Waals surface area contributed by atoms with Crippen molar-refractivity contribution in [1.82, 2.24) is 14.3 Å². The Morgan fingerprint density at radius 2 is 1.84 bits per heavy atom. The maximum Gasteiger partial charge on any atom is 0.252 e. The lowest BCUT2D eigenvalue weighted by Crippen LogP contribution is -2.46. The van der Waals surface area contributed by atoms with E-state index in [9.17, 15) is 13.2 Å². The number of aromatic nitrogens is 2. The van der Waals surface area contributed by atoms with Gasteiger partial charge in [0.1, 0.15) is 0 Å². The standard InChI is InChI=1S/C22H27N5O3S/c1-22(2)18(9-10-19(22)26-31(3,29)30)25-20-16(21(23)28)12-24-27-13-15(11-17(20)27)14-7-5-4-6-8-14/h4-8,11-13,18-19,25-26H,9-10H2,1-3H3,(H2,23,28)/t18-,19+/m1/s1. The third-order valence-electron chi connectivity index (χ3n) is 6.22. The number of carbonyl (C=O) groups is 1. The predicted molar refractivity (Wildman–Crippen MR) is 121 cm³/mol. The molecule has 0 saturated heterocycles. The predicted octanol–water partition coefficient (Wildman–Crippen LogP) is 2.62. The zero-order chi connectivity index (χ0) is 22.4. The van der Waals surface area contributed by atoms with E-state index >= 15 is 0 Å². The Hall–Kier alpha value is -2.91. The molecule has 2 heterocycles. The summed E-state index contributed by atoms with van der Waals surface area (Å²) in [6.07, 6.45) is 6.00. The molecule has 8 nitrogen and oxygen atoms in total. The number of anilines is 1. The summed E-state index contributed by atoms with van der Waals surface area (Å²) in [5, 5.41) is 7.88. The van der Waals surface area contributed by atoms with Crippen LogP contribution in [-0.2, 0) is 10.0 Å². The Morgan fingerprint density at radius 1 is 1.16 bits per heavy atom. The Bertz CT molecular complexity index is 1230. The highest BCUT2D eigenvalue weighted by atomic mass is 32.2. The van der Waals surface area contributed by atoms with Crippen molar-refractivity contribution in [2.45, 2.75) is 38.8 Å². The van der Waals surface area contributed by atoms with Crippen LogP contribution in [0.3, 0.4) is 0 Å². The first-order chi connectivity index (χ1) is 14.6. The minimum absolute atomic E-state index is 0.0638. The number of carbonyl (C=O) groups excluding carboxylic acids is 1. The number of fused-ring (bicyclic) bond motifs is 1. The van der Waals surface area contributed by atoms with Gasteiger partial charge in [-0.3, -0.25) is 4.79 Å². The minimum Gasteiger partial charge on any atom is -0.379 e. The summed E-state index contributed by atoms with van der Waals surface area (Å²) < 4.78 is 28.1. The first kappa shape index (κ1) is 21.3. The van der Waals surface area contributed by atoms with Crippen molar-refractivity contribution < 1.29 is 13.2 Å². The summed E-state index contributed by atoms with van der Waals surface area (Å²) in [6.45, 7) is 4.05. The van der Waals surface area contributed by atoms with Crippen molar-refractivity contribution in [2.75, 3.05) is 11.6 Å². The number of hydrogen-bond donors (Lipinski definition) is 3. The van der Waals surface area contributed by atoms with Crippen molar-refractivity contribution >= 4 is 27.1 Å². The molecule has 3 aromatic rings. The van der Waals surface area contributed by atoms with E-state index in [4.69, 9.17) is 5.73 Å². The summed E-state index contributed by atoms with van der Waals surface area (Å²) in [6, 6.07) is 11.6. The number of benzene rings is 1. The highest BCUT2D eigenvalue weighted by Gasteiger charge is 2.44. The Morgan fingerprint density at radius 3 is 2.48 bits per heavy atom. The number of nitrogens with two attached hydrogens (primary N) is 1. The third-order valence-corrected chi connectivity index (χ3v) is 6.94. The van der Waals surface area contributed by atoms with Gasteiger partial charge in [0.15, 0.2) is 0 Å². The molecule has 0 spiro atoms. The molecule has 164 valence electrons. The van der Waals surface area contributed by atoms with Gasteiger partial charge in [0.05, 0.1) is 29.2 Å². The topological polar surface area (TPSA) is 119 Å². The number of sulfonamides is 1. The zero-order valence-corrected chi connectivity index (χ0v) is 18.6. The van der Waals surface area contributed by atoms with E-state index in [1.54, 1.807) is 4.52 Å². The van der Waals surface area contributed by atoms with E-state index in [1.807, 2.05) is 56.4 Å². The second-order valence-corrected chi connectivity index (χ2v) is 10.5.